The SMILES string of the molecule is Cc1ncc2cnnoc1-2. The highest BCUT2D eigenvalue weighted by Crippen LogP contribution is 2.21. The number of hydrogen-bond acceptors (Lipinski definition) is 4. The van der Waals surface area contributed by atoms with Gasteiger partial charge in [-0.05, 0) is 6.92 Å². The Hall–Kier alpha value is -1.45. The van der Waals surface area contributed by atoms with Crippen LogP contribution < -0.4 is 0 Å². The number of aromatic nitrogens is 3. The van der Waals surface area contributed by atoms with Gasteiger partial charge in [-0.15, -0.1) is 5.10 Å². The van der Waals surface area contributed by atoms with Gasteiger partial charge in [-0.3, -0.25) is 4.98 Å². The van der Waals surface area contributed by atoms with Crippen LogP contribution in [0, 0.1) is 6.92 Å². The summed E-state index contributed by atoms with van der Waals surface area (Å²) >= 11 is 0. The van der Waals surface area contributed by atoms with Gasteiger partial charge in [-0.2, -0.15) is 0 Å². The first kappa shape index (κ1) is 5.34. The number of rotatable bonds is 0. The molecule has 0 saturated heterocycles. The van der Waals surface area contributed by atoms with E-state index >= 15 is 0 Å². The number of fused-ring (bicyclic) bond motifs is 1. The Morgan fingerprint density at radius 2 is 2.30 bits per heavy atom. The van der Waals surface area contributed by atoms with Crippen molar-refractivity contribution in [2.45, 2.75) is 6.92 Å². The first-order valence-electron chi connectivity index (χ1n) is 2.90. The van der Waals surface area contributed by atoms with Gasteiger partial charge in [0, 0.05) is 11.5 Å². The van der Waals surface area contributed by atoms with E-state index < -0.39 is 0 Å². The van der Waals surface area contributed by atoms with Gasteiger partial charge >= 0.3 is 0 Å². The standard InChI is InChI=1S/C6H5N3O/c1-4-6-5(2-7-4)3-8-9-10-6/h2-3H,1H3. The van der Waals surface area contributed by atoms with Gasteiger partial charge in [-0.1, -0.05) is 0 Å². The zero-order valence-corrected chi connectivity index (χ0v) is 5.40. The monoisotopic (exact) mass is 135 g/mol. The summed E-state index contributed by atoms with van der Waals surface area (Å²) in [4.78, 5) is 4.02. The number of hydrogen-bond donors (Lipinski definition) is 0. The van der Waals surface area contributed by atoms with E-state index in [1.807, 2.05) is 6.92 Å². The molecular weight excluding hydrogens is 130 g/mol. The number of aryl methyl sites for hydroxylation is 1. The average Bonchev–Trinajstić information content (AvgIpc) is 2.34. The third-order valence-corrected chi connectivity index (χ3v) is 1.36. The Kier molecular flexibility index (Phi) is 0.943. The summed E-state index contributed by atoms with van der Waals surface area (Å²) in [5.41, 5.74) is 1.75. The topological polar surface area (TPSA) is 51.8 Å². The lowest BCUT2D eigenvalue weighted by Crippen LogP contribution is -1.82. The lowest BCUT2D eigenvalue weighted by atomic mass is 10.3. The van der Waals surface area contributed by atoms with E-state index in [4.69, 9.17) is 4.52 Å². The molecule has 0 saturated carbocycles. The first-order valence-corrected chi connectivity index (χ1v) is 2.90. The largest absolute Gasteiger partial charge is 0.337 e. The summed E-state index contributed by atoms with van der Waals surface area (Å²) < 4.78 is 4.86. The van der Waals surface area contributed by atoms with Crippen LogP contribution in [0.5, 0.6) is 0 Å². The van der Waals surface area contributed by atoms with Crippen LogP contribution in [0.1, 0.15) is 5.69 Å². The second-order valence-electron chi connectivity index (χ2n) is 2.05. The molecule has 0 aromatic carbocycles. The highest BCUT2D eigenvalue weighted by molar-refractivity contribution is 5.58. The van der Waals surface area contributed by atoms with E-state index in [1.54, 1.807) is 12.4 Å². The van der Waals surface area contributed by atoms with Crippen molar-refractivity contribution in [3.05, 3.63) is 18.1 Å². The summed E-state index contributed by atoms with van der Waals surface area (Å²) in [6.07, 6.45) is 3.34. The lowest BCUT2D eigenvalue weighted by Gasteiger charge is -1.90. The van der Waals surface area contributed by atoms with E-state index in [0.29, 0.717) is 0 Å². The molecule has 0 spiro atoms. The predicted molar refractivity (Wildman–Crippen MR) is 33.5 cm³/mol. The van der Waals surface area contributed by atoms with Crippen LogP contribution in [0.4, 0.5) is 0 Å². The molecule has 2 heterocycles. The Balaban J connectivity index is 2.78. The summed E-state index contributed by atoms with van der Waals surface area (Å²) in [6.45, 7) is 1.87. The summed E-state index contributed by atoms with van der Waals surface area (Å²) in [5, 5.41) is 6.95. The average molecular weight is 135 g/mol. The molecular formula is C6H5N3O. The number of nitrogens with zero attached hydrogens (tertiary/aromatic N) is 3. The van der Waals surface area contributed by atoms with Gasteiger partial charge in [0.25, 0.3) is 0 Å². The molecule has 2 rings (SSSR count). The van der Waals surface area contributed by atoms with Crippen LogP contribution in [-0.2, 0) is 0 Å². The maximum atomic E-state index is 4.86. The van der Waals surface area contributed by atoms with Gasteiger partial charge in [0.05, 0.1) is 17.5 Å². The molecule has 2 aliphatic heterocycles. The minimum absolute atomic E-state index is 0.718. The molecule has 0 unspecified atom stereocenters. The normalized spacial score (nSPS) is 10.5. The lowest BCUT2D eigenvalue weighted by molar-refractivity contribution is 0.370. The highest BCUT2D eigenvalue weighted by atomic mass is 16.5. The molecule has 4 nitrogen and oxygen atoms in total. The smallest absolute Gasteiger partial charge is 0.191 e. The zero-order chi connectivity index (χ0) is 6.97. The van der Waals surface area contributed by atoms with Crippen molar-refractivity contribution in [1.29, 1.82) is 0 Å². The summed E-state index contributed by atoms with van der Waals surface area (Å²) in [7, 11) is 0. The van der Waals surface area contributed by atoms with Gasteiger partial charge in [0.2, 0.25) is 0 Å². The van der Waals surface area contributed by atoms with E-state index in [0.717, 1.165) is 17.0 Å². The summed E-state index contributed by atoms with van der Waals surface area (Å²) in [6, 6.07) is 0. The third-order valence-electron chi connectivity index (χ3n) is 1.36. The molecule has 0 radical (unpaired) electrons. The fourth-order valence-corrected chi connectivity index (χ4v) is 0.853. The summed E-state index contributed by atoms with van der Waals surface area (Å²) in [5.74, 6) is 0.718. The van der Waals surface area contributed by atoms with E-state index in [1.165, 1.54) is 0 Å². The van der Waals surface area contributed by atoms with Crippen molar-refractivity contribution >= 4 is 0 Å². The van der Waals surface area contributed by atoms with Gasteiger partial charge in [-0.25, -0.2) is 0 Å². The van der Waals surface area contributed by atoms with Crippen molar-refractivity contribution in [2.75, 3.05) is 0 Å². The first-order chi connectivity index (χ1) is 4.88. The molecule has 0 fully saturated rings. The second-order valence-corrected chi connectivity index (χ2v) is 2.05. The Morgan fingerprint density at radius 3 is 3.10 bits per heavy atom. The van der Waals surface area contributed by atoms with Crippen molar-refractivity contribution in [2.24, 2.45) is 0 Å². The predicted octanol–water partition coefficient (Wildman–Crippen LogP) is 0.878. The van der Waals surface area contributed by atoms with Crippen molar-refractivity contribution in [3.8, 4) is 11.3 Å². The van der Waals surface area contributed by atoms with Gasteiger partial charge in [0.1, 0.15) is 0 Å². The van der Waals surface area contributed by atoms with Gasteiger partial charge in [0.15, 0.2) is 5.76 Å². The van der Waals surface area contributed by atoms with Crippen LogP contribution in [0.15, 0.2) is 16.9 Å². The molecule has 0 atom stereocenters. The quantitative estimate of drug-likeness (QED) is 0.538. The van der Waals surface area contributed by atoms with Crippen LogP contribution >= 0.6 is 0 Å². The fourth-order valence-electron chi connectivity index (χ4n) is 0.853. The van der Waals surface area contributed by atoms with E-state index in [9.17, 15) is 0 Å². The third kappa shape index (κ3) is 0.586. The molecule has 10 heavy (non-hydrogen) atoms. The molecule has 0 bridgehead atoms. The molecule has 0 N–H and O–H groups in total. The second kappa shape index (κ2) is 1.76. The molecule has 0 aromatic rings. The zero-order valence-electron chi connectivity index (χ0n) is 5.40. The Bertz CT molecular complexity index is 317. The maximum absolute atomic E-state index is 4.86. The van der Waals surface area contributed by atoms with Crippen LogP contribution in [0.25, 0.3) is 11.3 Å². The van der Waals surface area contributed by atoms with Crippen molar-refractivity contribution < 1.29 is 4.52 Å². The minimum Gasteiger partial charge on any atom is -0.337 e. The molecule has 0 aliphatic carbocycles. The minimum atomic E-state index is 0.718. The highest BCUT2D eigenvalue weighted by Gasteiger charge is 2.09. The molecule has 0 amide bonds. The van der Waals surface area contributed by atoms with Crippen LogP contribution in [0.3, 0.4) is 0 Å². The molecule has 50 valence electrons. The van der Waals surface area contributed by atoms with E-state index in [-0.39, 0.29) is 0 Å². The molecule has 0 aromatic heterocycles. The van der Waals surface area contributed by atoms with E-state index in [2.05, 4.69) is 15.4 Å². The van der Waals surface area contributed by atoms with Crippen molar-refractivity contribution in [1.82, 2.24) is 15.4 Å². The maximum Gasteiger partial charge on any atom is 0.191 e. The Morgan fingerprint density at radius 1 is 1.40 bits per heavy atom. The molecule has 2 aliphatic rings. The van der Waals surface area contributed by atoms with Gasteiger partial charge < -0.3 is 4.52 Å². The van der Waals surface area contributed by atoms with Crippen molar-refractivity contribution in [3.63, 3.8) is 0 Å². The van der Waals surface area contributed by atoms with Crippen LogP contribution in [-0.4, -0.2) is 15.4 Å². The van der Waals surface area contributed by atoms with Crippen LogP contribution in [0.2, 0.25) is 0 Å². The fraction of sp³-hybridized carbons (Fsp3) is 0.167. The molecule has 4 heteroatoms. The Labute approximate surface area is 57.2 Å².